The smallest absolute Gasteiger partial charge is 0.358 e. The first-order valence-electron chi connectivity index (χ1n) is 6.28. The van der Waals surface area contributed by atoms with Gasteiger partial charge in [-0.25, -0.2) is 9.78 Å². The minimum absolute atomic E-state index is 0.0504. The van der Waals surface area contributed by atoms with Crippen LogP contribution in [0.3, 0.4) is 0 Å². The molecule has 1 atom stereocenters. The number of aromatic nitrogens is 1. The molecule has 1 N–H and O–H groups in total. The van der Waals surface area contributed by atoms with Gasteiger partial charge >= 0.3 is 5.97 Å². The van der Waals surface area contributed by atoms with E-state index in [9.17, 15) is 9.90 Å². The molecule has 4 heteroatoms. The van der Waals surface area contributed by atoms with Crippen molar-refractivity contribution in [1.82, 2.24) is 4.98 Å². The molecule has 1 heterocycles. The van der Waals surface area contributed by atoms with Crippen LogP contribution in [0.15, 0.2) is 34.7 Å². The second-order valence-electron chi connectivity index (χ2n) is 5.65. The van der Waals surface area contributed by atoms with Crippen LogP contribution in [0.25, 0.3) is 11.5 Å². The van der Waals surface area contributed by atoms with Crippen LogP contribution in [-0.2, 0) is 0 Å². The van der Waals surface area contributed by atoms with E-state index >= 15 is 0 Å². The Labute approximate surface area is 111 Å². The molecule has 0 radical (unpaired) electrons. The number of hydrogen-bond donors (Lipinski definition) is 1. The van der Waals surface area contributed by atoms with E-state index in [1.54, 1.807) is 0 Å². The van der Waals surface area contributed by atoms with Gasteiger partial charge in [0.05, 0.1) is 0 Å². The fraction of sp³-hybridized carbons (Fsp3) is 0.333. The Kier molecular flexibility index (Phi) is 2.49. The van der Waals surface area contributed by atoms with Crippen LogP contribution in [0.5, 0.6) is 0 Å². The summed E-state index contributed by atoms with van der Waals surface area (Å²) in [7, 11) is 0. The fourth-order valence-electron chi connectivity index (χ4n) is 2.34. The highest BCUT2D eigenvalue weighted by Gasteiger charge is 2.51. The van der Waals surface area contributed by atoms with Crippen molar-refractivity contribution in [2.75, 3.05) is 0 Å². The molecule has 0 amide bonds. The number of benzene rings is 1. The van der Waals surface area contributed by atoms with Crippen LogP contribution in [0.2, 0.25) is 0 Å². The first kappa shape index (κ1) is 12.0. The van der Waals surface area contributed by atoms with Crippen molar-refractivity contribution >= 4 is 5.97 Å². The van der Waals surface area contributed by atoms with Gasteiger partial charge in [-0.3, -0.25) is 0 Å². The minimum atomic E-state index is -1.02. The number of hydrogen-bond acceptors (Lipinski definition) is 3. The fourth-order valence-corrected chi connectivity index (χ4v) is 2.34. The predicted molar refractivity (Wildman–Crippen MR) is 70.0 cm³/mol. The molecule has 98 valence electrons. The Bertz CT molecular complexity index is 628. The van der Waals surface area contributed by atoms with Gasteiger partial charge in [0.1, 0.15) is 5.76 Å². The lowest BCUT2D eigenvalue weighted by Crippen LogP contribution is -2.02. The average molecular weight is 257 g/mol. The zero-order chi connectivity index (χ0) is 13.6. The van der Waals surface area contributed by atoms with Crippen molar-refractivity contribution < 1.29 is 14.3 Å². The zero-order valence-electron chi connectivity index (χ0n) is 10.9. The van der Waals surface area contributed by atoms with E-state index in [-0.39, 0.29) is 17.0 Å². The molecule has 1 fully saturated rings. The van der Waals surface area contributed by atoms with Crippen LogP contribution >= 0.6 is 0 Å². The summed E-state index contributed by atoms with van der Waals surface area (Å²) in [5.74, 6) is 0.0271. The Balaban J connectivity index is 2.05. The van der Waals surface area contributed by atoms with Crippen LogP contribution in [0.4, 0.5) is 0 Å². The van der Waals surface area contributed by atoms with Gasteiger partial charge in [-0.15, -0.1) is 0 Å². The summed E-state index contributed by atoms with van der Waals surface area (Å²) in [6, 6.07) is 9.37. The van der Waals surface area contributed by atoms with Gasteiger partial charge in [-0.05, 0) is 24.0 Å². The first-order valence-corrected chi connectivity index (χ1v) is 6.28. The van der Waals surface area contributed by atoms with Crippen LogP contribution < -0.4 is 0 Å². The molecule has 1 aromatic heterocycles. The third kappa shape index (κ3) is 2.03. The molecule has 0 saturated heterocycles. The molecule has 1 aromatic carbocycles. The number of carboxylic acid groups (broad SMARTS) is 1. The lowest BCUT2D eigenvalue weighted by atomic mass is 10.1. The van der Waals surface area contributed by atoms with E-state index in [2.05, 4.69) is 18.8 Å². The van der Waals surface area contributed by atoms with Gasteiger partial charge in [-0.1, -0.05) is 32.0 Å². The molecule has 1 unspecified atom stereocenters. The van der Waals surface area contributed by atoms with E-state index in [1.165, 1.54) is 0 Å². The lowest BCUT2D eigenvalue weighted by molar-refractivity contribution is 0.0688. The quantitative estimate of drug-likeness (QED) is 0.913. The molecule has 0 spiro atoms. The number of carboxylic acids is 1. The molecular weight excluding hydrogens is 242 g/mol. The lowest BCUT2D eigenvalue weighted by Gasteiger charge is -2.00. The van der Waals surface area contributed by atoms with E-state index in [0.29, 0.717) is 11.7 Å². The third-order valence-electron chi connectivity index (χ3n) is 3.71. The SMILES string of the molecule is CC1(C)CC1c1oc(-c2ccccc2)nc1C(=O)O. The summed E-state index contributed by atoms with van der Waals surface area (Å²) in [6.45, 7) is 4.21. The van der Waals surface area contributed by atoms with E-state index < -0.39 is 5.97 Å². The van der Waals surface area contributed by atoms with E-state index in [4.69, 9.17) is 4.42 Å². The van der Waals surface area contributed by atoms with Crippen LogP contribution in [0, 0.1) is 5.41 Å². The topological polar surface area (TPSA) is 63.3 Å². The molecule has 1 aliphatic rings. The number of aromatic carboxylic acids is 1. The molecule has 4 nitrogen and oxygen atoms in total. The third-order valence-corrected chi connectivity index (χ3v) is 3.71. The molecule has 0 aliphatic heterocycles. The van der Waals surface area contributed by atoms with Crippen LogP contribution in [0.1, 0.15) is 42.4 Å². The van der Waals surface area contributed by atoms with Gasteiger partial charge in [0, 0.05) is 11.5 Å². The monoisotopic (exact) mass is 257 g/mol. The van der Waals surface area contributed by atoms with Crippen molar-refractivity contribution in [1.29, 1.82) is 0 Å². The van der Waals surface area contributed by atoms with Gasteiger partial charge in [-0.2, -0.15) is 0 Å². The van der Waals surface area contributed by atoms with E-state index in [0.717, 1.165) is 12.0 Å². The van der Waals surface area contributed by atoms with Crippen molar-refractivity contribution in [3.8, 4) is 11.5 Å². The molecular formula is C15H15NO3. The molecule has 3 rings (SSSR count). The maximum absolute atomic E-state index is 11.3. The number of rotatable bonds is 3. The highest BCUT2D eigenvalue weighted by molar-refractivity contribution is 5.87. The molecule has 19 heavy (non-hydrogen) atoms. The average Bonchev–Trinajstić information content (AvgIpc) is 2.85. The number of nitrogens with zero attached hydrogens (tertiary/aromatic N) is 1. The Morgan fingerprint density at radius 1 is 1.37 bits per heavy atom. The van der Waals surface area contributed by atoms with Crippen LogP contribution in [-0.4, -0.2) is 16.1 Å². The Hall–Kier alpha value is -2.10. The van der Waals surface area contributed by atoms with E-state index in [1.807, 2.05) is 30.3 Å². The normalized spacial score (nSPS) is 20.2. The second-order valence-corrected chi connectivity index (χ2v) is 5.65. The highest BCUT2D eigenvalue weighted by Crippen LogP contribution is 2.59. The number of carbonyl (C=O) groups is 1. The predicted octanol–water partition coefficient (Wildman–Crippen LogP) is 3.55. The Morgan fingerprint density at radius 2 is 2.00 bits per heavy atom. The van der Waals surface area contributed by atoms with Gasteiger partial charge in [0.25, 0.3) is 0 Å². The Morgan fingerprint density at radius 3 is 2.53 bits per heavy atom. The molecule has 1 aliphatic carbocycles. The summed E-state index contributed by atoms with van der Waals surface area (Å²) in [4.78, 5) is 15.4. The van der Waals surface area contributed by atoms with Gasteiger partial charge in [0.15, 0.2) is 5.69 Å². The van der Waals surface area contributed by atoms with Crippen molar-refractivity contribution in [3.05, 3.63) is 41.8 Å². The zero-order valence-corrected chi connectivity index (χ0v) is 10.9. The van der Waals surface area contributed by atoms with Gasteiger partial charge < -0.3 is 9.52 Å². The largest absolute Gasteiger partial charge is 0.476 e. The maximum atomic E-state index is 11.3. The maximum Gasteiger partial charge on any atom is 0.358 e. The van der Waals surface area contributed by atoms with Crippen molar-refractivity contribution in [3.63, 3.8) is 0 Å². The molecule has 1 saturated carbocycles. The van der Waals surface area contributed by atoms with Crippen molar-refractivity contribution in [2.45, 2.75) is 26.2 Å². The van der Waals surface area contributed by atoms with Gasteiger partial charge in [0.2, 0.25) is 5.89 Å². The van der Waals surface area contributed by atoms with Crippen molar-refractivity contribution in [2.24, 2.45) is 5.41 Å². The highest BCUT2D eigenvalue weighted by atomic mass is 16.4. The summed E-state index contributed by atoms with van der Waals surface area (Å²) in [6.07, 6.45) is 0.941. The molecule has 0 bridgehead atoms. The standard InChI is InChI=1S/C15H15NO3/c1-15(2)8-10(15)12-11(14(17)18)16-13(19-12)9-6-4-3-5-7-9/h3-7,10H,8H2,1-2H3,(H,17,18). The molecule has 2 aromatic rings. The minimum Gasteiger partial charge on any atom is -0.476 e. The number of oxazole rings is 1. The summed E-state index contributed by atoms with van der Waals surface area (Å²) >= 11 is 0. The second kappa shape index (κ2) is 3.95. The summed E-state index contributed by atoms with van der Waals surface area (Å²) in [5.41, 5.74) is 0.960. The first-order chi connectivity index (χ1) is 8.99. The summed E-state index contributed by atoms with van der Waals surface area (Å²) in [5, 5.41) is 9.25. The summed E-state index contributed by atoms with van der Waals surface area (Å²) < 4.78 is 5.73.